The molecule has 0 aromatic rings. The van der Waals surface area contributed by atoms with Crippen molar-refractivity contribution in [2.45, 2.75) is 26.2 Å². The minimum absolute atomic E-state index is 0.00687. The number of hydrogen-bond acceptors (Lipinski definition) is 3. The quantitative estimate of drug-likeness (QED) is 0.564. The second kappa shape index (κ2) is 4.72. The van der Waals surface area contributed by atoms with E-state index in [2.05, 4.69) is 0 Å². The van der Waals surface area contributed by atoms with Crippen molar-refractivity contribution in [3.63, 3.8) is 0 Å². The van der Waals surface area contributed by atoms with E-state index in [0.717, 1.165) is 19.3 Å². The normalized spacial score (nSPS) is 18.6. The van der Waals surface area contributed by atoms with E-state index in [1.807, 2.05) is 0 Å². The van der Waals surface area contributed by atoms with Gasteiger partial charge in [-0.3, -0.25) is 4.79 Å². The molecular weight excluding hydrogens is 168 g/mol. The zero-order valence-corrected chi connectivity index (χ0v) is 8.47. The maximum absolute atomic E-state index is 11.2. The topological polar surface area (TPSA) is 35.5 Å². The first-order valence-electron chi connectivity index (χ1n) is 4.79. The van der Waals surface area contributed by atoms with Crippen LogP contribution in [-0.4, -0.2) is 32.7 Å². The fourth-order valence-corrected chi connectivity index (χ4v) is 1.44. The number of carbonyl (C=O) groups excluding carboxylic acids is 1. The van der Waals surface area contributed by atoms with Gasteiger partial charge in [-0.15, -0.1) is 0 Å². The fraction of sp³-hybridized carbons (Fsp3) is 0.900. The molecule has 0 aliphatic heterocycles. The van der Waals surface area contributed by atoms with Gasteiger partial charge >= 0.3 is 0 Å². The number of ether oxygens (including phenoxy) is 2. The summed E-state index contributed by atoms with van der Waals surface area (Å²) in [4.78, 5) is 11.2. The van der Waals surface area contributed by atoms with E-state index in [1.54, 1.807) is 14.0 Å². The van der Waals surface area contributed by atoms with Gasteiger partial charge in [-0.25, -0.2) is 0 Å². The van der Waals surface area contributed by atoms with Gasteiger partial charge in [0.2, 0.25) is 0 Å². The fourth-order valence-electron chi connectivity index (χ4n) is 1.44. The molecule has 0 amide bonds. The zero-order chi connectivity index (χ0) is 9.73. The Bertz CT molecular complexity index is 173. The molecule has 0 unspecified atom stereocenters. The zero-order valence-electron chi connectivity index (χ0n) is 8.47. The minimum atomic E-state index is -0.00687. The highest BCUT2D eigenvalue weighted by atomic mass is 16.5. The second-order valence-corrected chi connectivity index (χ2v) is 3.69. The van der Waals surface area contributed by atoms with E-state index in [-0.39, 0.29) is 5.41 Å². The van der Waals surface area contributed by atoms with E-state index in [9.17, 15) is 4.79 Å². The highest BCUT2D eigenvalue weighted by Gasteiger charge is 2.46. The van der Waals surface area contributed by atoms with Crippen molar-refractivity contribution in [1.82, 2.24) is 0 Å². The molecule has 0 N–H and O–H groups in total. The highest BCUT2D eigenvalue weighted by molar-refractivity contribution is 5.84. The third kappa shape index (κ3) is 3.08. The molecule has 0 bridgehead atoms. The first-order chi connectivity index (χ1) is 6.21. The van der Waals surface area contributed by atoms with Gasteiger partial charge in [-0.05, 0) is 26.2 Å². The standard InChI is InChI=1S/C10H18O3/c1-9(11)10(3-4-10)5-6-13-8-7-12-2/h3-8H2,1-2H3. The van der Waals surface area contributed by atoms with E-state index < -0.39 is 0 Å². The minimum Gasteiger partial charge on any atom is -0.382 e. The third-order valence-electron chi connectivity index (χ3n) is 2.76. The van der Waals surface area contributed by atoms with Crippen LogP contribution < -0.4 is 0 Å². The maximum Gasteiger partial charge on any atom is 0.136 e. The number of hydrogen-bond donors (Lipinski definition) is 0. The maximum atomic E-state index is 11.2. The van der Waals surface area contributed by atoms with E-state index >= 15 is 0 Å². The van der Waals surface area contributed by atoms with Gasteiger partial charge in [0.15, 0.2) is 0 Å². The first kappa shape index (κ1) is 10.7. The lowest BCUT2D eigenvalue weighted by Crippen LogP contribution is -2.15. The van der Waals surface area contributed by atoms with Gasteiger partial charge in [0.05, 0.1) is 13.2 Å². The molecule has 1 rings (SSSR count). The Balaban J connectivity index is 2.03. The summed E-state index contributed by atoms with van der Waals surface area (Å²) in [5.41, 5.74) is -0.00687. The van der Waals surface area contributed by atoms with Crippen LogP contribution in [0.25, 0.3) is 0 Å². The predicted octanol–water partition coefficient (Wildman–Crippen LogP) is 1.41. The van der Waals surface area contributed by atoms with Crippen molar-refractivity contribution in [3.8, 4) is 0 Å². The third-order valence-corrected chi connectivity index (χ3v) is 2.76. The predicted molar refractivity (Wildman–Crippen MR) is 49.7 cm³/mol. The molecule has 1 fully saturated rings. The lowest BCUT2D eigenvalue weighted by atomic mass is 9.99. The smallest absolute Gasteiger partial charge is 0.136 e. The number of carbonyl (C=O) groups is 1. The van der Waals surface area contributed by atoms with Crippen molar-refractivity contribution >= 4 is 5.78 Å². The van der Waals surface area contributed by atoms with Gasteiger partial charge in [0.1, 0.15) is 5.78 Å². The molecule has 1 saturated carbocycles. The second-order valence-electron chi connectivity index (χ2n) is 3.69. The van der Waals surface area contributed by atoms with Crippen LogP contribution in [0.5, 0.6) is 0 Å². The number of rotatable bonds is 7. The van der Waals surface area contributed by atoms with E-state index in [0.29, 0.717) is 25.6 Å². The van der Waals surface area contributed by atoms with Crippen LogP contribution in [0, 0.1) is 5.41 Å². The molecule has 0 aromatic heterocycles. The Labute approximate surface area is 79.4 Å². The van der Waals surface area contributed by atoms with Crippen LogP contribution in [0.15, 0.2) is 0 Å². The summed E-state index contributed by atoms with van der Waals surface area (Å²) in [6.07, 6.45) is 2.98. The van der Waals surface area contributed by atoms with Crippen molar-refractivity contribution < 1.29 is 14.3 Å². The monoisotopic (exact) mass is 186 g/mol. The molecule has 0 spiro atoms. The lowest BCUT2D eigenvalue weighted by molar-refractivity contribution is -0.122. The average Bonchev–Trinajstić information content (AvgIpc) is 2.85. The van der Waals surface area contributed by atoms with E-state index in [1.165, 1.54) is 0 Å². The van der Waals surface area contributed by atoms with Crippen LogP contribution >= 0.6 is 0 Å². The Morgan fingerprint density at radius 3 is 2.46 bits per heavy atom. The van der Waals surface area contributed by atoms with Gasteiger partial charge in [-0.1, -0.05) is 0 Å². The SMILES string of the molecule is COCCOCCC1(C(C)=O)CC1. The number of methoxy groups -OCH3 is 1. The van der Waals surface area contributed by atoms with E-state index in [4.69, 9.17) is 9.47 Å². The Kier molecular flexibility index (Phi) is 3.88. The molecule has 13 heavy (non-hydrogen) atoms. The molecule has 76 valence electrons. The molecule has 0 atom stereocenters. The molecule has 0 radical (unpaired) electrons. The van der Waals surface area contributed by atoms with Crippen LogP contribution in [-0.2, 0) is 14.3 Å². The first-order valence-corrected chi connectivity index (χ1v) is 4.79. The summed E-state index contributed by atoms with van der Waals surface area (Å²) >= 11 is 0. The summed E-state index contributed by atoms with van der Waals surface area (Å²) in [7, 11) is 1.65. The van der Waals surface area contributed by atoms with Crippen molar-refractivity contribution in [1.29, 1.82) is 0 Å². The molecule has 3 nitrogen and oxygen atoms in total. The van der Waals surface area contributed by atoms with Crippen molar-refractivity contribution in [2.24, 2.45) is 5.41 Å². The summed E-state index contributed by atoms with van der Waals surface area (Å²) in [5.74, 6) is 0.322. The molecule has 0 saturated heterocycles. The molecule has 0 aromatic carbocycles. The molecule has 1 aliphatic rings. The number of Topliss-reactive ketones (excluding diaryl/α,β-unsaturated/α-hetero) is 1. The Morgan fingerprint density at radius 1 is 1.31 bits per heavy atom. The summed E-state index contributed by atoms with van der Waals surface area (Å²) in [5, 5.41) is 0. The molecule has 1 aliphatic carbocycles. The molecule has 3 heteroatoms. The van der Waals surface area contributed by atoms with Gasteiger partial charge < -0.3 is 9.47 Å². The highest BCUT2D eigenvalue weighted by Crippen LogP contribution is 2.49. The van der Waals surface area contributed by atoms with Crippen LogP contribution in [0.4, 0.5) is 0 Å². The van der Waals surface area contributed by atoms with Gasteiger partial charge in [-0.2, -0.15) is 0 Å². The molecule has 0 heterocycles. The number of ketones is 1. The van der Waals surface area contributed by atoms with Gasteiger partial charge in [0.25, 0.3) is 0 Å². The largest absolute Gasteiger partial charge is 0.382 e. The van der Waals surface area contributed by atoms with Crippen molar-refractivity contribution in [2.75, 3.05) is 26.9 Å². The average molecular weight is 186 g/mol. The summed E-state index contributed by atoms with van der Waals surface area (Å²) in [6.45, 7) is 3.63. The molecular formula is C10H18O3. The summed E-state index contributed by atoms with van der Waals surface area (Å²) in [6, 6.07) is 0. The van der Waals surface area contributed by atoms with Gasteiger partial charge in [0, 0.05) is 19.1 Å². The summed E-state index contributed by atoms with van der Waals surface area (Å²) < 4.78 is 10.2. The lowest BCUT2D eigenvalue weighted by Gasteiger charge is -2.10. The Morgan fingerprint density at radius 2 is 2.00 bits per heavy atom. The van der Waals surface area contributed by atoms with Crippen LogP contribution in [0.3, 0.4) is 0 Å². The Hall–Kier alpha value is -0.410. The van der Waals surface area contributed by atoms with Crippen LogP contribution in [0.2, 0.25) is 0 Å². The van der Waals surface area contributed by atoms with Crippen molar-refractivity contribution in [3.05, 3.63) is 0 Å². The van der Waals surface area contributed by atoms with Crippen LogP contribution in [0.1, 0.15) is 26.2 Å².